The molecule has 0 unspecified atom stereocenters. The molecule has 2 aromatic rings. The second-order valence-corrected chi connectivity index (χ2v) is 7.23. The summed E-state index contributed by atoms with van der Waals surface area (Å²) in [6, 6.07) is 6.04. The van der Waals surface area contributed by atoms with E-state index in [9.17, 15) is 8.42 Å². The molecule has 0 saturated carbocycles. The zero-order chi connectivity index (χ0) is 15.6. The van der Waals surface area contributed by atoms with Crippen molar-refractivity contribution in [3.05, 3.63) is 39.5 Å². The van der Waals surface area contributed by atoms with Crippen LogP contribution in [0.1, 0.15) is 0 Å². The number of nitrogen functional groups attached to an aromatic ring is 1. The fourth-order valence-electron chi connectivity index (χ4n) is 1.58. The number of ether oxygens (including phenoxy) is 1. The molecule has 1 aromatic carbocycles. The summed E-state index contributed by atoms with van der Waals surface area (Å²) in [5.74, 6) is 0.184. The molecule has 0 aliphatic carbocycles. The van der Waals surface area contributed by atoms with Gasteiger partial charge in [0.2, 0.25) is 0 Å². The van der Waals surface area contributed by atoms with Gasteiger partial charge in [-0.05, 0) is 56.1 Å². The van der Waals surface area contributed by atoms with Gasteiger partial charge in [-0.15, -0.1) is 0 Å². The molecular weight excluding hydrogens is 426 g/mol. The Bertz CT molecular complexity index is 781. The summed E-state index contributed by atoms with van der Waals surface area (Å²) in [5, 5.41) is 0. The lowest BCUT2D eigenvalue weighted by Crippen LogP contribution is -2.15. The van der Waals surface area contributed by atoms with Crippen LogP contribution in [0.5, 0.6) is 5.75 Å². The largest absolute Gasteiger partial charge is 0.495 e. The molecule has 21 heavy (non-hydrogen) atoms. The molecule has 0 saturated heterocycles. The van der Waals surface area contributed by atoms with Crippen molar-refractivity contribution in [1.29, 1.82) is 0 Å². The molecule has 1 aromatic heterocycles. The predicted octanol–water partition coefficient (Wildman–Crippen LogP) is 3.00. The van der Waals surface area contributed by atoms with Gasteiger partial charge in [-0.1, -0.05) is 0 Å². The number of methoxy groups -OCH3 is 1. The Morgan fingerprint density at radius 2 is 2.05 bits per heavy atom. The number of halogens is 2. The molecule has 0 amide bonds. The molecule has 3 N–H and O–H groups in total. The monoisotopic (exact) mass is 435 g/mol. The van der Waals surface area contributed by atoms with Gasteiger partial charge in [0.1, 0.15) is 15.2 Å². The van der Waals surface area contributed by atoms with Gasteiger partial charge >= 0.3 is 0 Å². The molecule has 0 atom stereocenters. The van der Waals surface area contributed by atoms with Crippen LogP contribution in [-0.2, 0) is 10.0 Å². The number of pyridine rings is 1. The van der Waals surface area contributed by atoms with Gasteiger partial charge in [0, 0.05) is 16.4 Å². The van der Waals surface area contributed by atoms with Crippen molar-refractivity contribution in [1.82, 2.24) is 4.98 Å². The Kier molecular flexibility index (Phi) is 4.74. The highest BCUT2D eigenvalue weighted by Gasteiger charge is 2.22. The molecule has 9 heteroatoms. The number of rotatable bonds is 4. The second kappa shape index (κ2) is 6.20. The van der Waals surface area contributed by atoms with E-state index in [4.69, 9.17) is 10.5 Å². The minimum atomic E-state index is -3.86. The smallest absolute Gasteiger partial charge is 0.265 e. The molecule has 6 nitrogen and oxygen atoms in total. The summed E-state index contributed by atoms with van der Waals surface area (Å²) in [7, 11) is -2.48. The van der Waals surface area contributed by atoms with E-state index in [1.807, 2.05) is 0 Å². The number of hydrogen-bond acceptors (Lipinski definition) is 5. The van der Waals surface area contributed by atoms with Gasteiger partial charge in [-0.3, -0.25) is 4.72 Å². The molecule has 0 aliphatic heterocycles. The highest BCUT2D eigenvalue weighted by atomic mass is 79.9. The van der Waals surface area contributed by atoms with Crippen LogP contribution in [0.15, 0.2) is 44.4 Å². The number of aromatic nitrogens is 1. The zero-order valence-corrected chi connectivity index (χ0v) is 14.8. The molecule has 0 fully saturated rings. The number of nitrogens with two attached hydrogens (primary N) is 1. The van der Waals surface area contributed by atoms with E-state index in [0.29, 0.717) is 20.5 Å². The minimum Gasteiger partial charge on any atom is -0.495 e. The molecule has 2 rings (SSSR count). The third-order valence-electron chi connectivity index (χ3n) is 2.58. The lowest BCUT2D eigenvalue weighted by Gasteiger charge is -2.13. The van der Waals surface area contributed by atoms with E-state index < -0.39 is 10.0 Å². The average molecular weight is 437 g/mol. The SMILES string of the molecule is COc1cc(Br)c(N)cc1S(=O)(=O)Nc1cccnc1Br. The first kappa shape index (κ1) is 16.1. The molecule has 112 valence electrons. The van der Waals surface area contributed by atoms with E-state index in [2.05, 4.69) is 41.6 Å². The lowest BCUT2D eigenvalue weighted by molar-refractivity contribution is 0.402. The van der Waals surface area contributed by atoms with Crippen LogP contribution < -0.4 is 15.2 Å². The summed E-state index contributed by atoms with van der Waals surface area (Å²) in [6.07, 6.45) is 1.54. The van der Waals surface area contributed by atoms with E-state index in [0.717, 1.165) is 0 Å². The highest BCUT2D eigenvalue weighted by Crippen LogP contribution is 2.33. The summed E-state index contributed by atoms with van der Waals surface area (Å²) >= 11 is 6.41. The first-order valence-electron chi connectivity index (χ1n) is 5.61. The maximum atomic E-state index is 12.5. The van der Waals surface area contributed by atoms with Crippen molar-refractivity contribution in [2.45, 2.75) is 4.90 Å². The van der Waals surface area contributed by atoms with Crippen molar-refractivity contribution >= 4 is 53.3 Å². The van der Waals surface area contributed by atoms with Gasteiger partial charge in [-0.2, -0.15) is 0 Å². The highest BCUT2D eigenvalue weighted by molar-refractivity contribution is 9.10. The Balaban J connectivity index is 2.50. The fraction of sp³-hybridized carbons (Fsp3) is 0.0833. The van der Waals surface area contributed by atoms with Crippen molar-refractivity contribution < 1.29 is 13.2 Å². The van der Waals surface area contributed by atoms with E-state index in [-0.39, 0.29) is 10.6 Å². The first-order chi connectivity index (χ1) is 9.85. The number of nitrogens with one attached hydrogen (secondary N) is 1. The van der Waals surface area contributed by atoms with Crippen LogP contribution in [0, 0.1) is 0 Å². The molecular formula is C12H11Br2N3O3S. The molecule has 1 heterocycles. The second-order valence-electron chi connectivity index (χ2n) is 3.97. The van der Waals surface area contributed by atoms with Crippen molar-refractivity contribution in [3.8, 4) is 5.75 Å². The van der Waals surface area contributed by atoms with Crippen LogP contribution in [0.25, 0.3) is 0 Å². The van der Waals surface area contributed by atoms with Gasteiger partial charge in [0.25, 0.3) is 10.0 Å². The molecule has 0 bridgehead atoms. The van der Waals surface area contributed by atoms with Crippen LogP contribution in [0.4, 0.5) is 11.4 Å². The minimum absolute atomic E-state index is 0.0542. The van der Waals surface area contributed by atoms with Crippen LogP contribution >= 0.6 is 31.9 Å². The summed E-state index contributed by atoms with van der Waals surface area (Å²) in [6.45, 7) is 0. The Morgan fingerprint density at radius 1 is 1.33 bits per heavy atom. The summed E-state index contributed by atoms with van der Waals surface area (Å²) in [4.78, 5) is 3.90. The van der Waals surface area contributed by atoms with Crippen LogP contribution in [0.2, 0.25) is 0 Å². The van der Waals surface area contributed by atoms with Gasteiger partial charge < -0.3 is 10.5 Å². The topological polar surface area (TPSA) is 94.3 Å². The quantitative estimate of drug-likeness (QED) is 0.567. The van der Waals surface area contributed by atoms with Crippen LogP contribution in [0.3, 0.4) is 0 Å². The number of benzene rings is 1. The number of sulfonamides is 1. The standard InChI is InChI=1S/C12H11Br2N3O3S/c1-20-10-5-7(13)8(15)6-11(10)21(18,19)17-9-3-2-4-16-12(9)14/h2-6,17H,15H2,1H3. The maximum Gasteiger partial charge on any atom is 0.265 e. The molecule has 0 spiro atoms. The van der Waals surface area contributed by atoms with Crippen molar-refractivity contribution in [2.24, 2.45) is 0 Å². The van der Waals surface area contributed by atoms with Crippen molar-refractivity contribution in [2.75, 3.05) is 17.6 Å². The summed E-state index contributed by atoms with van der Waals surface area (Å²) < 4.78 is 33.5. The van der Waals surface area contributed by atoms with Gasteiger partial charge in [-0.25, -0.2) is 13.4 Å². The van der Waals surface area contributed by atoms with Gasteiger partial charge in [0.15, 0.2) is 0 Å². The lowest BCUT2D eigenvalue weighted by atomic mass is 10.3. The van der Waals surface area contributed by atoms with Crippen LogP contribution in [-0.4, -0.2) is 20.5 Å². The number of anilines is 2. The number of hydrogen-bond donors (Lipinski definition) is 2. The molecule has 0 radical (unpaired) electrons. The van der Waals surface area contributed by atoms with E-state index in [1.165, 1.54) is 19.2 Å². The normalized spacial score (nSPS) is 11.2. The van der Waals surface area contributed by atoms with Gasteiger partial charge in [0.05, 0.1) is 12.8 Å². The first-order valence-corrected chi connectivity index (χ1v) is 8.68. The van der Waals surface area contributed by atoms with Crippen molar-refractivity contribution in [3.63, 3.8) is 0 Å². The zero-order valence-electron chi connectivity index (χ0n) is 10.8. The fourth-order valence-corrected chi connectivity index (χ4v) is 3.64. The number of nitrogens with zero attached hydrogens (tertiary/aromatic N) is 1. The van der Waals surface area contributed by atoms with E-state index in [1.54, 1.807) is 18.3 Å². The Labute approximate surface area is 139 Å². The molecule has 0 aliphatic rings. The predicted molar refractivity (Wildman–Crippen MR) is 87.9 cm³/mol. The Morgan fingerprint density at radius 3 is 2.67 bits per heavy atom. The Hall–Kier alpha value is -1.32. The maximum absolute atomic E-state index is 12.5. The average Bonchev–Trinajstić information content (AvgIpc) is 2.43. The third kappa shape index (κ3) is 3.47. The van der Waals surface area contributed by atoms with E-state index >= 15 is 0 Å². The third-order valence-corrected chi connectivity index (χ3v) is 5.28. The summed E-state index contributed by atoms with van der Waals surface area (Å²) in [5.41, 5.74) is 6.36.